The van der Waals surface area contributed by atoms with E-state index in [4.69, 9.17) is 4.84 Å². The third-order valence-corrected chi connectivity index (χ3v) is 9.44. The topological polar surface area (TPSA) is 70.9 Å². The number of Topliss-reactive ketones (excluding diaryl/α,β-unsaturated/α-hetero) is 1. The minimum Gasteiger partial charge on any atom is -0.394 e. The number of aliphatic hydroxyl groups is 1. The molecule has 0 bridgehead atoms. The van der Waals surface area contributed by atoms with Crippen LogP contribution in [0.15, 0.2) is 5.16 Å². The van der Waals surface area contributed by atoms with Crippen molar-refractivity contribution in [3.05, 3.63) is 0 Å². The molecule has 28 heavy (non-hydrogen) atoms. The molecule has 4 saturated carbocycles. The molecule has 7 atom stereocenters. The van der Waals surface area contributed by atoms with Crippen LogP contribution in [0.4, 0.5) is 0 Å². The van der Waals surface area contributed by atoms with Gasteiger partial charge in [-0.15, -0.1) is 0 Å². The summed E-state index contributed by atoms with van der Waals surface area (Å²) in [7, 11) is 1.90. The van der Waals surface area contributed by atoms with E-state index in [1.54, 1.807) is 0 Å². The van der Waals surface area contributed by atoms with Crippen LogP contribution >= 0.6 is 0 Å². The van der Waals surface area contributed by atoms with E-state index in [9.17, 15) is 9.90 Å². The maximum absolute atomic E-state index is 12.6. The standard InChI is InChI=1S/C23H38N2O3/c1-15-13-17-18-5-6-20(26)21(18,2)9-8-19(17)22(3)10-7-16(14-23(15,22)27)25-28-12-11-24-4/h15,17-19,24,27H,5-14H2,1-4H3/t15-,17-,18-,19-,21-,22+,23-/m0/s1. The summed E-state index contributed by atoms with van der Waals surface area (Å²) in [5.41, 5.74) is 0.105. The van der Waals surface area contributed by atoms with Crippen LogP contribution in [0, 0.1) is 34.5 Å². The summed E-state index contributed by atoms with van der Waals surface area (Å²) in [4.78, 5) is 18.1. The fraction of sp³-hybridized carbons (Fsp3) is 0.913. The first-order chi connectivity index (χ1) is 13.3. The predicted octanol–water partition coefficient (Wildman–Crippen LogP) is 3.55. The maximum atomic E-state index is 12.6. The van der Waals surface area contributed by atoms with E-state index >= 15 is 0 Å². The highest BCUT2D eigenvalue weighted by molar-refractivity contribution is 5.87. The van der Waals surface area contributed by atoms with E-state index < -0.39 is 5.60 Å². The average Bonchev–Trinajstić information content (AvgIpc) is 2.96. The molecule has 0 spiro atoms. The molecule has 4 aliphatic carbocycles. The second-order valence-electron chi connectivity index (χ2n) is 10.5. The molecule has 0 heterocycles. The van der Waals surface area contributed by atoms with Gasteiger partial charge in [-0.3, -0.25) is 4.79 Å². The Labute approximate surface area is 169 Å². The Bertz CT molecular complexity index is 664. The molecule has 0 aromatic heterocycles. The lowest BCUT2D eigenvalue weighted by Gasteiger charge is -2.65. The zero-order chi connectivity index (χ0) is 20.2. The number of likely N-dealkylation sites (N-methyl/N-ethyl adjacent to an activating group) is 1. The van der Waals surface area contributed by atoms with Crippen molar-refractivity contribution in [2.45, 2.75) is 77.7 Å². The molecule has 0 unspecified atom stereocenters. The summed E-state index contributed by atoms with van der Waals surface area (Å²) >= 11 is 0. The first-order valence-corrected chi connectivity index (χ1v) is 11.3. The highest BCUT2D eigenvalue weighted by Crippen LogP contribution is 2.67. The molecule has 0 radical (unpaired) electrons. The highest BCUT2D eigenvalue weighted by Gasteiger charge is 2.66. The van der Waals surface area contributed by atoms with Crippen molar-refractivity contribution in [2.75, 3.05) is 20.2 Å². The number of carbonyl (C=O) groups is 1. The van der Waals surface area contributed by atoms with Crippen molar-refractivity contribution in [1.29, 1.82) is 0 Å². The molecule has 2 N–H and O–H groups in total. The van der Waals surface area contributed by atoms with Crippen LogP contribution in [0.2, 0.25) is 0 Å². The van der Waals surface area contributed by atoms with Crippen molar-refractivity contribution < 1.29 is 14.7 Å². The van der Waals surface area contributed by atoms with Crippen LogP contribution < -0.4 is 5.32 Å². The number of ketones is 1. The Morgan fingerprint density at radius 1 is 1.21 bits per heavy atom. The van der Waals surface area contributed by atoms with Crippen molar-refractivity contribution in [3.63, 3.8) is 0 Å². The lowest BCUT2D eigenvalue weighted by atomic mass is 9.41. The number of hydrogen-bond acceptors (Lipinski definition) is 5. The average molecular weight is 391 g/mol. The van der Waals surface area contributed by atoms with Crippen LogP contribution in [0.1, 0.15) is 72.1 Å². The minimum absolute atomic E-state index is 0.0910. The fourth-order valence-corrected chi connectivity index (χ4v) is 7.61. The number of hydrogen-bond donors (Lipinski definition) is 2. The van der Waals surface area contributed by atoms with Crippen molar-refractivity contribution >= 4 is 11.5 Å². The molecule has 4 aliphatic rings. The van der Waals surface area contributed by atoms with E-state index in [1.165, 1.54) is 0 Å². The van der Waals surface area contributed by atoms with Gasteiger partial charge in [0.25, 0.3) is 0 Å². The molecule has 0 aliphatic heterocycles. The van der Waals surface area contributed by atoms with Gasteiger partial charge in [0.1, 0.15) is 12.4 Å². The molecular weight excluding hydrogens is 352 g/mol. The zero-order valence-corrected chi connectivity index (χ0v) is 18.1. The molecule has 158 valence electrons. The highest BCUT2D eigenvalue weighted by atomic mass is 16.6. The fourth-order valence-electron chi connectivity index (χ4n) is 7.61. The predicted molar refractivity (Wildman–Crippen MR) is 110 cm³/mol. The third kappa shape index (κ3) is 2.79. The van der Waals surface area contributed by atoms with Gasteiger partial charge in [0.05, 0.1) is 11.3 Å². The van der Waals surface area contributed by atoms with Gasteiger partial charge >= 0.3 is 0 Å². The number of nitrogens with zero attached hydrogens (tertiary/aromatic N) is 1. The molecule has 4 rings (SSSR count). The first-order valence-electron chi connectivity index (χ1n) is 11.3. The Morgan fingerprint density at radius 3 is 2.75 bits per heavy atom. The Kier molecular flexibility index (Phi) is 5.15. The molecule has 0 amide bonds. The molecule has 0 saturated heterocycles. The Balaban J connectivity index is 1.57. The van der Waals surface area contributed by atoms with Crippen LogP contribution in [-0.4, -0.2) is 42.4 Å². The van der Waals surface area contributed by atoms with Gasteiger partial charge in [0, 0.05) is 30.2 Å². The van der Waals surface area contributed by atoms with Crippen molar-refractivity contribution in [1.82, 2.24) is 5.32 Å². The van der Waals surface area contributed by atoms with Gasteiger partial charge in [-0.1, -0.05) is 25.9 Å². The van der Waals surface area contributed by atoms with Gasteiger partial charge in [-0.05, 0) is 69.2 Å². The SMILES string of the molecule is CNCCON=C1CC[C@]2(C)[C@H]3CC[C@]4(C)C(=O)CC[C@H]4[C@@H]3C[C@H](C)[C@@]2(O)C1. The molecule has 0 aromatic rings. The van der Waals surface area contributed by atoms with Crippen LogP contribution in [0.5, 0.6) is 0 Å². The molecule has 0 aromatic carbocycles. The quantitative estimate of drug-likeness (QED) is 0.569. The summed E-state index contributed by atoms with van der Waals surface area (Å²) in [5, 5.41) is 19.4. The zero-order valence-electron chi connectivity index (χ0n) is 18.1. The third-order valence-electron chi connectivity index (χ3n) is 9.44. The van der Waals surface area contributed by atoms with Gasteiger partial charge in [-0.25, -0.2) is 0 Å². The smallest absolute Gasteiger partial charge is 0.139 e. The van der Waals surface area contributed by atoms with E-state index in [-0.39, 0.29) is 16.7 Å². The lowest BCUT2D eigenvalue weighted by Crippen LogP contribution is -2.65. The molecule has 5 nitrogen and oxygen atoms in total. The summed E-state index contributed by atoms with van der Waals surface area (Å²) < 4.78 is 0. The minimum atomic E-state index is -0.714. The van der Waals surface area contributed by atoms with Crippen LogP contribution in [0.25, 0.3) is 0 Å². The van der Waals surface area contributed by atoms with Crippen LogP contribution in [0.3, 0.4) is 0 Å². The summed E-state index contributed by atoms with van der Waals surface area (Å²) in [6.45, 7) is 8.12. The molecule has 5 heteroatoms. The second-order valence-corrected chi connectivity index (χ2v) is 10.5. The number of nitrogens with one attached hydrogen (secondary N) is 1. The monoisotopic (exact) mass is 390 g/mol. The number of rotatable bonds is 4. The van der Waals surface area contributed by atoms with Crippen molar-refractivity contribution in [2.24, 2.45) is 39.7 Å². The van der Waals surface area contributed by atoms with E-state index in [1.807, 2.05) is 7.05 Å². The molecular formula is C23H38N2O3. The number of carbonyl (C=O) groups excluding carboxylic acids is 1. The number of fused-ring (bicyclic) bond motifs is 5. The normalized spacial score (nSPS) is 49.5. The van der Waals surface area contributed by atoms with Gasteiger partial charge in [-0.2, -0.15) is 0 Å². The van der Waals surface area contributed by atoms with E-state index in [0.717, 1.165) is 57.2 Å². The Hall–Kier alpha value is -0.940. The van der Waals surface area contributed by atoms with Crippen LogP contribution in [-0.2, 0) is 9.63 Å². The van der Waals surface area contributed by atoms with E-state index in [0.29, 0.717) is 36.6 Å². The molecule has 4 fully saturated rings. The first kappa shape index (κ1) is 20.3. The number of oxime groups is 1. The summed E-state index contributed by atoms with van der Waals surface area (Å²) in [6.07, 6.45) is 7.47. The van der Waals surface area contributed by atoms with Gasteiger partial charge in [0.2, 0.25) is 0 Å². The van der Waals surface area contributed by atoms with E-state index in [2.05, 4.69) is 31.2 Å². The van der Waals surface area contributed by atoms with Crippen molar-refractivity contribution in [3.8, 4) is 0 Å². The largest absolute Gasteiger partial charge is 0.394 e. The second kappa shape index (κ2) is 7.09. The van der Waals surface area contributed by atoms with Gasteiger partial charge in [0.15, 0.2) is 0 Å². The Morgan fingerprint density at radius 2 is 2.00 bits per heavy atom. The summed E-state index contributed by atoms with van der Waals surface area (Å²) in [6, 6.07) is 0. The lowest BCUT2D eigenvalue weighted by molar-refractivity contribution is -0.214. The van der Waals surface area contributed by atoms with Gasteiger partial charge < -0.3 is 15.3 Å². The summed E-state index contributed by atoms with van der Waals surface area (Å²) in [5.74, 6) is 2.33. The maximum Gasteiger partial charge on any atom is 0.139 e.